The highest BCUT2D eigenvalue weighted by Crippen LogP contribution is 2.30. The summed E-state index contributed by atoms with van der Waals surface area (Å²) in [7, 11) is 1.57. The summed E-state index contributed by atoms with van der Waals surface area (Å²) in [5.41, 5.74) is 1.68. The summed E-state index contributed by atoms with van der Waals surface area (Å²) in [6.07, 6.45) is 0. The number of halogens is 1. The van der Waals surface area contributed by atoms with E-state index < -0.39 is 0 Å². The number of methoxy groups -OCH3 is 1. The van der Waals surface area contributed by atoms with E-state index in [4.69, 9.17) is 21.1 Å². The number of anilines is 2. The molecule has 1 aliphatic heterocycles. The Bertz CT molecular complexity index is 807. The second-order valence-corrected chi connectivity index (χ2v) is 7.01. The van der Waals surface area contributed by atoms with E-state index in [1.807, 2.05) is 24.3 Å². The number of rotatable bonds is 7. The number of ether oxygens (including phenoxy) is 2. The molecule has 0 saturated carbocycles. The topological polar surface area (TPSA) is 54.0 Å². The van der Waals surface area contributed by atoms with Crippen LogP contribution in [0.2, 0.25) is 5.02 Å². The first-order valence-electron chi connectivity index (χ1n) is 9.43. The van der Waals surface area contributed by atoms with Crippen LogP contribution in [0.25, 0.3) is 0 Å². The molecule has 2 aromatic rings. The number of benzene rings is 2. The van der Waals surface area contributed by atoms with E-state index in [0.717, 1.165) is 38.4 Å². The van der Waals surface area contributed by atoms with Gasteiger partial charge in [0.05, 0.1) is 18.5 Å². The molecule has 0 radical (unpaired) electrons. The first-order valence-corrected chi connectivity index (χ1v) is 9.81. The predicted molar refractivity (Wildman–Crippen MR) is 113 cm³/mol. The van der Waals surface area contributed by atoms with E-state index in [-0.39, 0.29) is 12.5 Å². The fraction of sp³-hybridized carbons (Fsp3) is 0.381. The summed E-state index contributed by atoms with van der Waals surface area (Å²) < 4.78 is 10.9. The monoisotopic (exact) mass is 403 g/mol. The second kappa shape index (κ2) is 9.66. The molecule has 1 amide bonds. The smallest absolute Gasteiger partial charge is 0.262 e. The maximum atomic E-state index is 12.5. The third-order valence-corrected chi connectivity index (χ3v) is 5.06. The summed E-state index contributed by atoms with van der Waals surface area (Å²) in [5.74, 6) is 0.872. The third kappa shape index (κ3) is 5.09. The van der Waals surface area contributed by atoms with Gasteiger partial charge < -0.3 is 24.6 Å². The van der Waals surface area contributed by atoms with Gasteiger partial charge in [0, 0.05) is 31.2 Å². The van der Waals surface area contributed by atoms with Crippen molar-refractivity contribution in [2.75, 3.05) is 56.7 Å². The lowest BCUT2D eigenvalue weighted by Crippen LogP contribution is -2.46. The lowest BCUT2D eigenvalue weighted by atomic mass is 10.2. The molecule has 28 heavy (non-hydrogen) atoms. The van der Waals surface area contributed by atoms with Crippen LogP contribution in [-0.4, -0.2) is 57.2 Å². The third-order valence-electron chi connectivity index (χ3n) is 4.82. The second-order valence-electron chi connectivity index (χ2n) is 6.57. The number of amides is 1. The summed E-state index contributed by atoms with van der Waals surface area (Å²) in [6.45, 7) is 6.94. The van der Waals surface area contributed by atoms with Gasteiger partial charge in [-0.25, -0.2) is 0 Å². The molecule has 0 spiro atoms. The van der Waals surface area contributed by atoms with E-state index in [1.165, 1.54) is 0 Å². The number of para-hydroxylation sites is 2. The van der Waals surface area contributed by atoms with Gasteiger partial charge in [0.15, 0.2) is 18.1 Å². The first-order chi connectivity index (χ1) is 13.6. The highest BCUT2D eigenvalue weighted by molar-refractivity contribution is 6.31. The lowest BCUT2D eigenvalue weighted by molar-refractivity contribution is -0.118. The first kappa shape index (κ1) is 20.3. The van der Waals surface area contributed by atoms with Gasteiger partial charge in [0.2, 0.25) is 0 Å². The molecule has 1 aliphatic rings. The van der Waals surface area contributed by atoms with Crippen LogP contribution in [0, 0.1) is 0 Å². The zero-order chi connectivity index (χ0) is 19.9. The molecule has 150 valence electrons. The van der Waals surface area contributed by atoms with Gasteiger partial charge in [0.25, 0.3) is 5.91 Å². The summed E-state index contributed by atoms with van der Waals surface area (Å²) in [6, 6.07) is 12.8. The quantitative estimate of drug-likeness (QED) is 0.766. The molecule has 0 bridgehead atoms. The summed E-state index contributed by atoms with van der Waals surface area (Å²) >= 11 is 6.17. The number of piperazine rings is 1. The Balaban J connectivity index is 1.66. The number of carbonyl (C=O) groups excluding carboxylic acids is 1. The maximum absolute atomic E-state index is 12.5. The molecular formula is C21H26ClN3O3. The summed E-state index contributed by atoms with van der Waals surface area (Å²) in [5, 5.41) is 3.52. The van der Waals surface area contributed by atoms with Crippen molar-refractivity contribution in [1.82, 2.24) is 4.90 Å². The predicted octanol–water partition coefficient (Wildman–Crippen LogP) is 3.51. The highest BCUT2D eigenvalue weighted by Gasteiger charge is 2.19. The van der Waals surface area contributed by atoms with E-state index in [1.54, 1.807) is 25.3 Å². The van der Waals surface area contributed by atoms with Crippen LogP contribution < -0.4 is 19.7 Å². The van der Waals surface area contributed by atoms with Gasteiger partial charge in [-0.15, -0.1) is 0 Å². The average molecular weight is 404 g/mol. The molecule has 7 heteroatoms. The Morgan fingerprint density at radius 3 is 2.50 bits per heavy atom. The summed E-state index contributed by atoms with van der Waals surface area (Å²) in [4.78, 5) is 17.2. The van der Waals surface area contributed by atoms with Crippen molar-refractivity contribution in [2.45, 2.75) is 6.92 Å². The van der Waals surface area contributed by atoms with Gasteiger partial charge >= 0.3 is 0 Å². The number of hydrogen-bond donors (Lipinski definition) is 1. The molecule has 2 aromatic carbocycles. The van der Waals surface area contributed by atoms with Crippen molar-refractivity contribution >= 4 is 28.9 Å². The van der Waals surface area contributed by atoms with Crippen LogP contribution in [0.3, 0.4) is 0 Å². The van der Waals surface area contributed by atoms with Crippen molar-refractivity contribution < 1.29 is 14.3 Å². The zero-order valence-corrected chi connectivity index (χ0v) is 17.0. The van der Waals surface area contributed by atoms with Crippen molar-refractivity contribution in [3.63, 3.8) is 0 Å². The highest BCUT2D eigenvalue weighted by atomic mass is 35.5. The molecule has 3 rings (SSSR count). The Kier molecular flexibility index (Phi) is 7.01. The van der Waals surface area contributed by atoms with Crippen LogP contribution in [0.15, 0.2) is 42.5 Å². The minimum absolute atomic E-state index is 0.115. The normalized spacial score (nSPS) is 14.6. The molecule has 1 fully saturated rings. The van der Waals surface area contributed by atoms with Crippen LogP contribution in [-0.2, 0) is 4.79 Å². The number of carbonyl (C=O) groups is 1. The van der Waals surface area contributed by atoms with Gasteiger partial charge in [-0.3, -0.25) is 4.79 Å². The van der Waals surface area contributed by atoms with Crippen molar-refractivity contribution in [3.8, 4) is 11.5 Å². The SMILES string of the molecule is CCN1CCN(c2ccc(Cl)cc2NC(=O)COc2ccccc2OC)CC1. The number of likely N-dealkylation sites (N-methyl/N-ethyl adjacent to an activating group) is 1. The molecule has 0 unspecified atom stereocenters. The minimum atomic E-state index is -0.249. The number of hydrogen-bond acceptors (Lipinski definition) is 5. The standard InChI is InChI=1S/C21H26ClN3O3/c1-3-24-10-12-25(13-11-24)18-9-8-16(22)14-17(18)23-21(26)15-28-20-7-5-4-6-19(20)27-2/h4-9,14H,3,10-13,15H2,1-2H3,(H,23,26). The Morgan fingerprint density at radius 2 is 1.82 bits per heavy atom. The van der Waals surface area contributed by atoms with Gasteiger partial charge in [-0.2, -0.15) is 0 Å². The van der Waals surface area contributed by atoms with E-state index in [0.29, 0.717) is 22.2 Å². The van der Waals surface area contributed by atoms with E-state index in [2.05, 4.69) is 22.0 Å². The molecular weight excluding hydrogens is 378 g/mol. The Labute approximate surface area is 171 Å². The molecule has 0 atom stereocenters. The molecule has 0 aliphatic carbocycles. The molecule has 1 saturated heterocycles. The minimum Gasteiger partial charge on any atom is -0.493 e. The number of nitrogens with zero attached hydrogens (tertiary/aromatic N) is 2. The molecule has 6 nitrogen and oxygen atoms in total. The van der Waals surface area contributed by atoms with Gasteiger partial charge in [-0.05, 0) is 36.9 Å². The van der Waals surface area contributed by atoms with E-state index >= 15 is 0 Å². The zero-order valence-electron chi connectivity index (χ0n) is 16.3. The fourth-order valence-corrected chi connectivity index (χ4v) is 3.43. The van der Waals surface area contributed by atoms with Crippen LogP contribution in [0.5, 0.6) is 11.5 Å². The Hall–Kier alpha value is -2.44. The van der Waals surface area contributed by atoms with E-state index in [9.17, 15) is 4.79 Å². The van der Waals surface area contributed by atoms with Crippen molar-refractivity contribution in [2.24, 2.45) is 0 Å². The van der Waals surface area contributed by atoms with Gasteiger partial charge in [-0.1, -0.05) is 30.7 Å². The van der Waals surface area contributed by atoms with Crippen molar-refractivity contribution in [1.29, 1.82) is 0 Å². The maximum Gasteiger partial charge on any atom is 0.262 e. The number of nitrogens with one attached hydrogen (secondary N) is 1. The van der Waals surface area contributed by atoms with Crippen molar-refractivity contribution in [3.05, 3.63) is 47.5 Å². The fourth-order valence-electron chi connectivity index (χ4n) is 3.26. The van der Waals surface area contributed by atoms with Crippen LogP contribution in [0.4, 0.5) is 11.4 Å². The van der Waals surface area contributed by atoms with Gasteiger partial charge in [0.1, 0.15) is 0 Å². The lowest BCUT2D eigenvalue weighted by Gasteiger charge is -2.36. The molecule has 1 N–H and O–H groups in total. The Morgan fingerprint density at radius 1 is 1.11 bits per heavy atom. The molecule has 1 heterocycles. The average Bonchev–Trinajstić information content (AvgIpc) is 2.73. The van der Waals surface area contributed by atoms with Crippen LogP contribution in [0.1, 0.15) is 6.92 Å². The van der Waals surface area contributed by atoms with Crippen LogP contribution >= 0.6 is 11.6 Å². The largest absolute Gasteiger partial charge is 0.493 e. The molecule has 0 aromatic heterocycles.